The van der Waals surface area contributed by atoms with E-state index in [1.807, 2.05) is 0 Å². The number of benzene rings is 1. The van der Waals surface area contributed by atoms with Crippen LogP contribution in [-0.2, 0) is 12.4 Å². The zero-order valence-corrected chi connectivity index (χ0v) is 10.9. The summed E-state index contributed by atoms with van der Waals surface area (Å²) in [6.45, 7) is 0. The van der Waals surface area contributed by atoms with Crippen LogP contribution in [-0.4, -0.2) is 7.05 Å². The Labute approximate surface area is 102 Å². The Bertz CT molecular complexity index is 398. The zero-order chi connectivity index (χ0) is 10.9. The van der Waals surface area contributed by atoms with E-state index in [2.05, 4.69) is 54.0 Å². The van der Waals surface area contributed by atoms with Crippen molar-refractivity contribution >= 4 is 55.7 Å². The molecule has 0 bridgehead atoms. The van der Waals surface area contributed by atoms with E-state index in [0.29, 0.717) is 5.69 Å². The predicted octanol–water partition coefficient (Wildman–Crippen LogP) is 3.89. The van der Waals surface area contributed by atoms with Crippen molar-refractivity contribution in [3.63, 3.8) is 0 Å². The number of hydrogen-bond donors (Lipinski definition) is 1. The summed E-state index contributed by atoms with van der Waals surface area (Å²) in [5, 5.41) is 2.68. The van der Waals surface area contributed by atoms with E-state index in [9.17, 15) is 8.78 Å². The summed E-state index contributed by atoms with van der Waals surface area (Å²) in [6, 6.07) is 0. The van der Waals surface area contributed by atoms with Gasteiger partial charge in [0.15, 0.2) is 11.6 Å². The van der Waals surface area contributed by atoms with Crippen LogP contribution in [0, 0.1) is 11.6 Å². The van der Waals surface area contributed by atoms with Gasteiger partial charge in [-0.15, -0.1) is 0 Å². The van der Waals surface area contributed by atoms with Crippen molar-refractivity contribution in [3.05, 3.63) is 20.6 Å². The fraction of sp³-hybridized carbons (Fsp3) is 0.143. The molecule has 2 nitrogen and oxygen atoms in total. The van der Waals surface area contributed by atoms with Crippen LogP contribution in [0.1, 0.15) is 0 Å². The van der Waals surface area contributed by atoms with Crippen LogP contribution in [0.25, 0.3) is 0 Å². The molecule has 0 atom stereocenters. The maximum Gasteiger partial charge on any atom is 0.176 e. The van der Waals surface area contributed by atoms with Gasteiger partial charge in [-0.2, -0.15) is 4.36 Å². The predicted molar refractivity (Wildman–Crippen MR) is 60.8 cm³/mol. The van der Waals surface area contributed by atoms with Crippen LogP contribution in [0.15, 0.2) is 13.3 Å². The van der Waals surface area contributed by atoms with E-state index in [0.717, 1.165) is 0 Å². The standard InChI is InChI=1S/C7H4Br2F2N2S/c1-12-6-2(8)4(10)5(11)3(9)7(6)13-14/h12H,1H3. The summed E-state index contributed by atoms with van der Waals surface area (Å²) in [6.07, 6.45) is 0. The number of nitrogens with zero attached hydrogens (tertiary/aromatic N) is 1. The minimum Gasteiger partial charge on any atom is -0.385 e. The van der Waals surface area contributed by atoms with Crippen LogP contribution in [0.4, 0.5) is 20.2 Å². The van der Waals surface area contributed by atoms with Crippen molar-refractivity contribution in [2.24, 2.45) is 4.36 Å². The van der Waals surface area contributed by atoms with Crippen molar-refractivity contribution < 1.29 is 8.78 Å². The SMILES string of the molecule is CNc1c(Br)c(F)c(F)c(Br)c1N=S. The molecular weight excluding hydrogens is 342 g/mol. The lowest BCUT2D eigenvalue weighted by atomic mass is 10.2. The zero-order valence-electron chi connectivity index (χ0n) is 6.87. The number of anilines is 1. The molecule has 14 heavy (non-hydrogen) atoms. The highest BCUT2D eigenvalue weighted by Crippen LogP contribution is 2.42. The van der Waals surface area contributed by atoms with Crippen molar-refractivity contribution in [1.82, 2.24) is 0 Å². The summed E-state index contributed by atoms with van der Waals surface area (Å²) in [5.41, 5.74) is 0.471. The van der Waals surface area contributed by atoms with Crippen LogP contribution >= 0.6 is 31.9 Å². The molecule has 0 aliphatic heterocycles. The van der Waals surface area contributed by atoms with Crippen molar-refractivity contribution in [1.29, 1.82) is 0 Å². The molecule has 0 saturated heterocycles. The number of halogens is 4. The van der Waals surface area contributed by atoms with Crippen LogP contribution in [0.5, 0.6) is 0 Å². The Kier molecular flexibility index (Phi) is 3.91. The molecule has 0 aromatic heterocycles. The maximum absolute atomic E-state index is 13.2. The maximum atomic E-state index is 13.2. The molecule has 0 heterocycles. The topological polar surface area (TPSA) is 24.4 Å². The molecule has 0 saturated carbocycles. The van der Waals surface area contributed by atoms with Gasteiger partial charge in [0, 0.05) is 19.5 Å². The molecule has 1 aromatic carbocycles. The summed E-state index contributed by atoms with van der Waals surface area (Å²) >= 11 is 10.3. The third-order valence-corrected chi connectivity index (χ3v) is 3.23. The highest BCUT2D eigenvalue weighted by Gasteiger charge is 2.20. The van der Waals surface area contributed by atoms with Crippen LogP contribution in [0.3, 0.4) is 0 Å². The Morgan fingerprint density at radius 2 is 1.71 bits per heavy atom. The van der Waals surface area contributed by atoms with Gasteiger partial charge in [-0.3, -0.25) is 0 Å². The third-order valence-electron chi connectivity index (χ3n) is 1.58. The average Bonchev–Trinajstić information content (AvgIpc) is 2.20. The smallest absolute Gasteiger partial charge is 0.176 e. The second kappa shape index (κ2) is 4.59. The fourth-order valence-electron chi connectivity index (χ4n) is 0.934. The molecule has 0 amide bonds. The quantitative estimate of drug-likeness (QED) is 0.649. The Balaban J connectivity index is 3.65. The molecule has 0 unspecified atom stereocenters. The molecular formula is C7H4Br2F2N2S. The van der Waals surface area contributed by atoms with Gasteiger partial charge in [-0.1, -0.05) is 0 Å². The van der Waals surface area contributed by atoms with Crippen molar-refractivity contribution in [2.45, 2.75) is 0 Å². The number of hydrogen-bond acceptors (Lipinski definition) is 3. The van der Waals surface area contributed by atoms with Gasteiger partial charge in [0.05, 0.1) is 14.6 Å². The van der Waals surface area contributed by atoms with Gasteiger partial charge in [-0.25, -0.2) is 8.78 Å². The third kappa shape index (κ3) is 1.80. The first kappa shape index (κ1) is 11.9. The van der Waals surface area contributed by atoms with E-state index >= 15 is 0 Å². The summed E-state index contributed by atoms with van der Waals surface area (Å²) in [7, 11) is 1.56. The lowest BCUT2D eigenvalue weighted by molar-refractivity contribution is 0.501. The first-order chi connectivity index (χ1) is 6.54. The Hall–Kier alpha value is -0.140. The summed E-state index contributed by atoms with van der Waals surface area (Å²) in [4.78, 5) is 0. The first-order valence-electron chi connectivity index (χ1n) is 3.41. The summed E-state index contributed by atoms with van der Waals surface area (Å²) in [5.74, 6) is -2.00. The van der Waals surface area contributed by atoms with Gasteiger partial charge in [0.25, 0.3) is 0 Å². The van der Waals surface area contributed by atoms with Gasteiger partial charge in [0.1, 0.15) is 5.69 Å². The molecule has 0 spiro atoms. The fourth-order valence-corrected chi connectivity index (χ4v) is 2.25. The average molecular weight is 346 g/mol. The lowest BCUT2D eigenvalue weighted by Crippen LogP contribution is -1.97. The van der Waals surface area contributed by atoms with Gasteiger partial charge in [-0.05, 0) is 31.9 Å². The van der Waals surface area contributed by atoms with E-state index in [1.54, 1.807) is 7.05 Å². The van der Waals surface area contributed by atoms with Crippen LogP contribution in [0.2, 0.25) is 0 Å². The molecule has 0 aliphatic rings. The molecule has 1 rings (SSSR count). The normalized spacial score (nSPS) is 10.1. The second-order valence-corrected chi connectivity index (χ2v) is 4.09. The first-order valence-corrected chi connectivity index (χ1v) is 5.36. The van der Waals surface area contributed by atoms with Gasteiger partial charge in [0.2, 0.25) is 0 Å². The van der Waals surface area contributed by atoms with Crippen LogP contribution < -0.4 is 5.32 Å². The molecule has 0 fully saturated rings. The largest absolute Gasteiger partial charge is 0.385 e. The minimum atomic E-state index is -1.01. The van der Waals surface area contributed by atoms with E-state index in [-0.39, 0.29) is 14.6 Å². The van der Waals surface area contributed by atoms with E-state index in [4.69, 9.17) is 0 Å². The van der Waals surface area contributed by atoms with Gasteiger partial charge < -0.3 is 5.32 Å². The molecule has 1 aromatic rings. The monoisotopic (exact) mass is 344 g/mol. The molecule has 1 N–H and O–H groups in total. The lowest BCUT2D eigenvalue weighted by Gasteiger charge is -2.10. The van der Waals surface area contributed by atoms with Gasteiger partial charge >= 0.3 is 0 Å². The second-order valence-electron chi connectivity index (χ2n) is 2.32. The highest BCUT2D eigenvalue weighted by molar-refractivity contribution is 9.11. The number of nitrogens with one attached hydrogen (secondary N) is 1. The molecule has 76 valence electrons. The van der Waals surface area contributed by atoms with Crippen molar-refractivity contribution in [2.75, 3.05) is 12.4 Å². The number of rotatable bonds is 2. The molecule has 0 aliphatic carbocycles. The molecule has 7 heteroatoms. The summed E-state index contributed by atoms with van der Waals surface area (Å²) < 4.78 is 29.7. The highest BCUT2D eigenvalue weighted by atomic mass is 79.9. The Morgan fingerprint density at radius 1 is 1.21 bits per heavy atom. The minimum absolute atomic E-state index is 0.0238. The molecule has 0 radical (unpaired) electrons. The van der Waals surface area contributed by atoms with E-state index in [1.165, 1.54) is 0 Å². The Morgan fingerprint density at radius 3 is 2.14 bits per heavy atom. The van der Waals surface area contributed by atoms with E-state index < -0.39 is 11.6 Å². The van der Waals surface area contributed by atoms with Crippen molar-refractivity contribution in [3.8, 4) is 0 Å².